The van der Waals surface area contributed by atoms with Crippen molar-refractivity contribution in [2.45, 2.75) is 173 Å². The van der Waals surface area contributed by atoms with Crippen LogP contribution in [0.25, 0.3) is 10.9 Å². The number of carbonyl (C=O) groups is 4. The van der Waals surface area contributed by atoms with E-state index in [9.17, 15) is 39.6 Å². The van der Waals surface area contributed by atoms with Crippen molar-refractivity contribution in [3.63, 3.8) is 0 Å². The van der Waals surface area contributed by atoms with Crippen LogP contribution in [0.5, 0.6) is 5.75 Å². The highest BCUT2D eigenvalue weighted by atomic mass is 16.7. The van der Waals surface area contributed by atoms with Gasteiger partial charge in [-0.15, -0.1) is 0 Å². The van der Waals surface area contributed by atoms with Crippen LogP contribution in [-0.4, -0.2) is 148 Å². The number of aliphatic hydroxyl groups excluding tert-OH is 3. The summed E-state index contributed by atoms with van der Waals surface area (Å²) in [5, 5.41) is 46.1. The third-order valence-corrected chi connectivity index (χ3v) is 15.5. The lowest BCUT2D eigenvalue weighted by Crippen LogP contribution is -2.64. The minimum Gasteiger partial charge on any atom is -0.488 e. The fourth-order valence-corrected chi connectivity index (χ4v) is 11.2. The average Bonchev–Trinajstić information content (AvgIpc) is 3.75. The lowest BCUT2D eigenvalue weighted by atomic mass is 9.81. The number of benzene rings is 1. The molecule has 4 N–H and O–H groups in total. The van der Waals surface area contributed by atoms with E-state index in [-0.39, 0.29) is 62.7 Å². The van der Waals surface area contributed by atoms with Crippen molar-refractivity contribution >= 4 is 34.3 Å². The number of piperidine rings is 1. The maximum Gasteiger partial charge on any atom is 0.329 e. The number of ketones is 2. The Balaban J connectivity index is 1.30. The van der Waals surface area contributed by atoms with Crippen molar-refractivity contribution in [1.82, 2.24) is 9.47 Å². The molecule has 15 atom stereocenters. The smallest absolute Gasteiger partial charge is 0.329 e. The number of aromatic nitrogens is 1. The van der Waals surface area contributed by atoms with Gasteiger partial charge in [-0.3, -0.25) is 14.4 Å². The second-order valence-electron chi connectivity index (χ2n) is 20.2. The number of cyclic esters (lactones) is 1. The lowest BCUT2D eigenvalue weighted by molar-refractivity contribution is -0.302. The van der Waals surface area contributed by atoms with E-state index in [0.29, 0.717) is 55.5 Å². The Morgan fingerprint density at radius 1 is 0.913 bits per heavy atom. The van der Waals surface area contributed by atoms with E-state index in [1.807, 2.05) is 61.9 Å². The van der Waals surface area contributed by atoms with Gasteiger partial charge < -0.3 is 58.3 Å². The van der Waals surface area contributed by atoms with Crippen molar-refractivity contribution in [3.05, 3.63) is 53.8 Å². The molecule has 4 heterocycles. The van der Waals surface area contributed by atoms with Crippen LogP contribution < -0.4 is 4.74 Å². The number of hydrogen-bond acceptors (Lipinski definition) is 14. The number of methoxy groups -OCH3 is 3. The lowest BCUT2D eigenvalue weighted by Gasteiger charge is -2.47. The van der Waals surface area contributed by atoms with Crippen molar-refractivity contribution < 1.29 is 68.0 Å². The molecule has 15 unspecified atom stereocenters. The highest BCUT2D eigenvalue weighted by Gasteiger charge is 2.57. The molecule has 16 heteroatoms. The maximum atomic E-state index is 14.6. The first-order chi connectivity index (χ1) is 32.9. The number of amides is 1. The molecule has 0 spiro atoms. The predicted octanol–water partition coefficient (Wildman–Crippen LogP) is 5.48. The Morgan fingerprint density at radius 2 is 1.62 bits per heavy atom. The molecule has 1 amide bonds. The van der Waals surface area contributed by atoms with E-state index in [1.54, 1.807) is 34.0 Å². The van der Waals surface area contributed by atoms with Crippen LogP contribution in [-0.2, 0) is 49.4 Å². The third-order valence-electron chi connectivity index (χ3n) is 15.5. The molecule has 1 saturated carbocycles. The summed E-state index contributed by atoms with van der Waals surface area (Å²) in [7, 11) is 4.60. The van der Waals surface area contributed by atoms with E-state index in [2.05, 4.69) is 0 Å². The Hall–Kier alpha value is -4.00. The first kappa shape index (κ1) is 54.3. The first-order valence-corrected chi connectivity index (χ1v) is 25.1. The summed E-state index contributed by atoms with van der Waals surface area (Å²) in [5.41, 5.74) is 2.20. The van der Waals surface area contributed by atoms with Gasteiger partial charge in [-0.25, -0.2) is 4.79 Å². The molecule has 2 aromatic rings. The molecule has 4 aliphatic rings. The summed E-state index contributed by atoms with van der Waals surface area (Å²) >= 11 is 0. The molecule has 1 aromatic heterocycles. The number of carbonyl (C=O) groups excluding carboxylic acids is 4. The molecule has 16 nitrogen and oxygen atoms in total. The zero-order chi connectivity index (χ0) is 50.3. The van der Waals surface area contributed by atoms with Crippen LogP contribution in [0.15, 0.2) is 53.8 Å². The van der Waals surface area contributed by atoms with Crippen molar-refractivity contribution in [3.8, 4) is 5.75 Å². The van der Waals surface area contributed by atoms with Gasteiger partial charge in [0.15, 0.2) is 0 Å². The molecule has 6 rings (SSSR count). The largest absolute Gasteiger partial charge is 0.488 e. The average molecular weight is 967 g/mol. The number of hydrogen-bond donors (Lipinski definition) is 4. The summed E-state index contributed by atoms with van der Waals surface area (Å²) in [4.78, 5) is 58.6. The summed E-state index contributed by atoms with van der Waals surface area (Å²) in [6.45, 7) is 11.2. The van der Waals surface area contributed by atoms with Gasteiger partial charge in [0.1, 0.15) is 35.9 Å². The highest BCUT2D eigenvalue weighted by molar-refractivity contribution is 6.39. The van der Waals surface area contributed by atoms with Crippen molar-refractivity contribution in [2.75, 3.05) is 34.5 Å². The molecule has 1 aromatic carbocycles. The van der Waals surface area contributed by atoms with Crippen LogP contribution in [0.1, 0.15) is 106 Å². The number of ether oxygens (including phenoxy) is 6. The van der Waals surface area contributed by atoms with Gasteiger partial charge in [0.05, 0.1) is 37.1 Å². The van der Waals surface area contributed by atoms with E-state index in [1.165, 1.54) is 19.1 Å². The fourth-order valence-electron chi connectivity index (χ4n) is 11.2. The SMILES string of the molecule is CCC1C=C(C)C(O)C(C)CC(OC)C2OC(O)(C(=O)C(=O)N3CCCCC3C(=O)OC(C(C)=CC3CCC(Oc4ccc5c(ccn5CCO)c4)C(OC)C3)C(C)C(O)CC1=O)C(C)CC2OC. The van der Waals surface area contributed by atoms with Crippen LogP contribution in [0, 0.1) is 29.6 Å². The van der Waals surface area contributed by atoms with E-state index < -0.39 is 89.8 Å². The van der Waals surface area contributed by atoms with E-state index in [4.69, 9.17) is 28.4 Å². The minimum absolute atomic E-state index is 0.0335. The molecule has 3 aliphatic heterocycles. The number of fused-ring (bicyclic) bond motifs is 4. The molecule has 69 heavy (non-hydrogen) atoms. The molecular weight excluding hydrogens is 889 g/mol. The number of aliphatic hydroxyl groups is 4. The van der Waals surface area contributed by atoms with Gasteiger partial charge in [-0.05, 0) is 119 Å². The Kier molecular flexibility index (Phi) is 18.9. The van der Waals surface area contributed by atoms with Crippen molar-refractivity contribution in [1.29, 1.82) is 0 Å². The van der Waals surface area contributed by atoms with Crippen LogP contribution >= 0.6 is 0 Å². The standard InChI is InChI=1S/C53H78N2O14/c1-10-36-24-30(2)47(59)31(3)25-45(65-8)49-46(66-9)26-33(5)53(63,69-49)50(60)51(61)55-19-12-11-13-40(55)52(62)68-48(34(6)41(57)29-42(36)58)32(4)23-35-14-17-43(44(27-35)64-7)67-38-15-16-39-37(28-38)18-20-54(39)21-22-56/h15-16,18,20,23-24,28,31,33-36,40-41,43-49,56-57,59,63H,10-14,17,19,21-22,25-27,29H2,1-9H3. The number of rotatable bonds is 10. The van der Waals surface area contributed by atoms with Crippen LogP contribution in [0.4, 0.5) is 0 Å². The molecule has 384 valence electrons. The van der Waals surface area contributed by atoms with Gasteiger partial charge in [0.2, 0.25) is 5.79 Å². The summed E-state index contributed by atoms with van der Waals surface area (Å²) in [5.74, 6) is -7.97. The van der Waals surface area contributed by atoms with Gasteiger partial charge in [-0.1, -0.05) is 39.8 Å². The molecular formula is C53H78N2O14. The third kappa shape index (κ3) is 12.2. The fraction of sp³-hybridized carbons (Fsp3) is 0.698. The molecule has 2 bridgehead atoms. The van der Waals surface area contributed by atoms with Crippen LogP contribution in [0.2, 0.25) is 0 Å². The minimum atomic E-state index is -2.59. The normalized spacial score (nSPS) is 36.3. The molecule has 0 radical (unpaired) electrons. The van der Waals surface area contributed by atoms with E-state index >= 15 is 0 Å². The van der Waals surface area contributed by atoms with Gasteiger partial charge >= 0.3 is 5.97 Å². The highest BCUT2D eigenvalue weighted by Crippen LogP contribution is 2.40. The number of allylic oxidation sites excluding steroid dienone is 2. The monoisotopic (exact) mass is 967 g/mol. The second-order valence-corrected chi connectivity index (χ2v) is 20.2. The Labute approximate surface area is 407 Å². The quantitative estimate of drug-likeness (QED) is 0.132. The van der Waals surface area contributed by atoms with Gasteiger partial charge in [-0.2, -0.15) is 0 Å². The summed E-state index contributed by atoms with van der Waals surface area (Å²) < 4.78 is 38.8. The molecule has 1 aliphatic carbocycles. The number of Topliss-reactive ketones (excluding diaryl/α,β-unsaturated/α-hetero) is 2. The topological polar surface area (TPSA) is 213 Å². The summed E-state index contributed by atoms with van der Waals surface area (Å²) in [6, 6.07) is 6.70. The zero-order valence-corrected chi connectivity index (χ0v) is 42.1. The zero-order valence-electron chi connectivity index (χ0n) is 42.1. The first-order valence-electron chi connectivity index (χ1n) is 25.1. The predicted molar refractivity (Wildman–Crippen MR) is 257 cm³/mol. The maximum absolute atomic E-state index is 14.6. The summed E-state index contributed by atoms with van der Waals surface area (Å²) in [6.07, 6.45) is 3.19. The van der Waals surface area contributed by atoms with Crippen molar-refractivity contribution in [2.24, 2.45) is 29.6 Å². The van der Waals surface area contributed by atoms with Crippen LogP contribution in [0.3, 0.4) is 0 Å². The second kappa shape index (κ2) is 23.9. The van der Waals surface area contributed by atoms with E-state index in [0.717, 1.165) is 17.3 Å². The van der Waals surface area contributed by atoms with Gasteiger partial charge in [0, 0.05) is 75.7 Å². The number of nitrogens with zero attached hydrogens (tertiary/aromatic N) is 2. The van der Waals surface area contributed by atoms with Gasteiger partial charge in [0.25, 0.3) is 11.7 Å². The number of esters is 1. The molecule has 3 fully saturated rings. The Bertz CT molecular complexity index is 2150. The Morgan fingerprint density at radius 3 is 2.30 bits per heavy atom. The molecule has 2 saturated heterocycles.